The zero-order valence-corrected chi connectivity index (χ0v) is 9.12. The van der Waals surface area contributed by atoms with E-state index in [4.69, 9.17) is 0 Å². The topological polar surface area (TPSA) is 72.3 Å². The van der Waals surface area contributed by atoms with Gasteiger partial charge in [0.25, 0.3) is 0 Å². The monoisotopic (exact) mass is 230 g/mol. The van der Waals surface area contributed by atoms with Gasteiger partial charge >= 0.3 is 5.97 Å². The molecule has 2 heterocycles. The van der Waals surface area contributed by atoms with Gasteiger partial charge in [0.15, 0.2) is 0 Å². The number of aromatic hydroxyl groups is 1. The number of carbonyl (C=O) groups excluding carboxylic acids is 1. The predicted molar refractivity (Wildman–Crippen MR) is 60.5 cm³/mol. The Morgan fingerprint density at radius 3 is 2.59 bits per heavy atom. The maximum absolute atomic E-state index is 11.6. The van der Waals surface area contributed by atoms with Crippen LogP contribution in [0.1, 0.15) is 10.4 Å². The number of hydrogen-bond acceptors (Lipinski definition) is 5. The molecule has 1 N–H and O–H groups in total. The van der Waals surface area contributed by atoms with Gasteiger partial charge < -0.3 is 9.84 Å². The van der Waals surface area contributed by atoms with Crippen molar-refractivity contribution in [2.75, 3.05) is 7.11 Å². The highest BCUT2D eigenvalue weighted by atomic mass is 16.5. The summed E-state index contributed by atoms with van der Waals surface area (Å²) < 4.78 is 4.64. The number of aromatic nitrogens is 2. The normalized spacial score (nSPS) is 9.94. The Morgan fingerprint density at radius 1 is 1.24 bits per heavy atom. The number of nitrogens with zero attached hydrogens (tertiary/aromatic N) is 2. The fourth-order valence-corrected chi connectivity index (χ4v) is 1.52. The molecule has 0 amide bonds. The van der Waals surface area contributed by atoms with Crippen LogP contribution in [0.15, 0.2) is 36.9 Å². The van der Waals surface area contributed by atoms with Crippen molar-refractivity contribution in [3.05, 3.63) is 42.5 Å². The highest BCUT2D eigenvalue weighted by Crippen LogP contribution is 2.28. The van der Waals surface area contributed by atoms with Crippen LogP contribution in [0.25, 0.3) is 11.1 Å². The standard InChI is InChI=1S/C12H10N2O3/c1-17-12(16)11-9(6-14-7-10(11)15)8-2-4-13-5-3-8/h2-7,15H,1H3. The van der Waals surface area contributed by atoms with E-state index >= 15 is 0 Å². The van der Waals surface area contributed by atoms with E-state index in [9.17, 15) is 9.90 Å². The molecule has 0 bridgehead atoms. The lowest BCUT2D eigenvalue weighted by atomic mass is 10.0. The number of esters is 1. The first kappa shape index (κ1) is 11.1. The van der Waals surface area contributed by atoms with Crippen molar-refractivity contribution in [1.29, 1.82) is 0 Å². The Morgan fingerprint density at radius 2 is 1.94 bits per heavy atom. The van der Waals surface area contributed by atoms with Gasteiger partial charge in [-0.25, -0.2) is 4.79 Å². The van der Waals surface area contributed by atoms with E-state index < -0.39 is 5.97 Å². The second-order valence-corrected chi connectivity index (χ2v) is 3.31. The van der Waals surface area contributed by atoms with Crippen LogP contribution in [0.3, 0.4) is 0 Å². The van der Waals surface area contributed by atoms with E-state index in [2.05, 4.69) is 14.7 Å². The molecule has 0 spiro atoms. The molecule has 86 valence electrons. The van der Waals surface area contributed by atoms with Crippen molar-refractivity contribution >= 4 is 5.97 Å². The van der Waals surface area contributed by atoms with Gasteiger partial charge in [0, 0.05) is 24.2 Å². The van der Waals surface area contributed by atoms with Gasteiger partial charge in [-0.2, -0.15) is 0 Å². The van der Waals surface area contributed by atoms with E-state index in [-0.39, 0.29) is 11.3 Å². The fraction of sp³-hybridized carbons (Fsp3) is 0.0833. The Bertz CT molecular complexity index is 541. The quantitative estimate of drug-likeness (QED) is 0.794. The first-order chi connectivity index (χ1) is 8.24. The van der Waals surface area contributed by atoms with Gasteiger partial charge in [-0.15, -0.1) is 0 Å². The van der Waals surface area contributed by atoms with Gasteiger partial charge in [-0.05, 0) is 17.7 Å². The van der Waals surface area contributed by atoms with Gasteiger partial charge in [0.2, 0.25) is 0 Å². The highest BCUT2D eigenvalue weighted by molar-refractivity contribution is 5.99. The highest BCUT2D eigenvalue weighted by Gasteiger charge is 2.18. The second kappa shape index (κ2) is 4.61. The van der Waals surface area contributed by atoms with E-state index in [0.717, 1.165) is 5.56 Å². The van der Waals surface area contributed by atoms with Crippen molar-refractivity contribution < 1.29 is 14.6 Å². The summed E-state index contributed by atoms with van der Waals surface area (Å²) >= 11 is 0. The minimum absolute atomic E-state index is 0.105. The van der Waals surface area contributed by atoms with Crippen LogP contribution in [-0.4, -0.2) is 28.2 Å². The second-order valence-electron chi connectivity index (χ2n) is 3.31. The largest absolute Gasteiger partial charge is 0.505 e. The van der Waals surface area contributed by atoms with Gasteiger partial charge in [-0.1, -0.05) is 0 Å². The van der Waals surface area contributed by atoms with E-state index in [0.29, 0.717) is 5.56 Å². The zero-order valence-electron chi connectivity index (χ0n) is 9.12. The average Bonchev–Trinajstić information content (AvgIpc) is 2.38. The molecule has 0 saturated heterocycles. The summed E-state index contributed by atoms with van der Waals surface area (Å²) in [5.41, 5.74) is 1.36. The maximum Gasteiger partial charge on any atom is 0.342 e. The zero-order chi connectivity index (χ0) is 12.3. The van der Waals surface area contributed by atoms with E-state index in [1.807, 2.05) is 0 Å². The summed E-state index contributed by atoms with van der Waals surface area (Å²) in [6.07, 6.45) is 5.90. The summed E-state index contributed by atoms with van der Waals surface area (Å²) in [6, 6.07) is 3.45. The third-order valence-electron chi connectivity index (χ3n) is 2.31. The van der Waals surface area contributed by atoms with Crippen molar-refractivity contribution in [3.8, 4) is 16.9 Å². The Kier molecular flexibility index (Phi) is 3.00. The maximum atomic E-state index is 11.6. The third-order valence-corrected chi connectivity index (χ3v) is 2.31. The van der Waals surface area contributed by atoms with Gasteiger partial charge in [0.1, 0.15) is 11.3 Å². The lowest BCUT2D eigenvalue weighted by Crippen LogP contribution is -2.04. The van der Waals surface area contributed by atoms with Crippen LogP contribution >= 0.6 is 0 Å². The first-order valence-corrected chi connectivity index (χ1v) is 4.89. The lowest BCUT2D eigenvalue weighted by molar-refractivity contribution is 0.0598. The summed E-state index contributed by atoms with van der Waals surface area (Å²) in [5.74, 6) is -0.803. The minimum atomic E-state index is -0.600. The van der Waals surface area contributed by atoms with Crippen LogP contribution in [0.5, 0.6) is 5.75 Å². The molecular formula is C12H10N2O3. The first-order valence-electron chi connectivity index (χ1n) is 4.89. The van der Waals surface area contributed by atoms with Crippen LogP contribution in [0.4, 0.5) is 0 Å². The predicted octanol–water partition coefficient (Wildman–Crippen LogP) is 1.64. The molecule has 0 aliphatic carbocycles. The van der Waals surface area contributed by atoms with Crippen molar-refractivity contribution in [2.24, 2.45) is 0 Å². The van der Waals surface area contributed by atoms with Crippen LogP contribution < -0.4 is 0 Å². The number of carbonyl (C=O) groups is 1. The van der Waals surface area contributed by atoms with Crippen LogP contribution in [0.2, 0.25) is 0 Å². The molecule has 0 fully saturated rings. The molecule has 5 heteroatoms. The van der Waals surface area contributed by atoms with Crippen LogP contribution in [-0.2, 0) is 4.74 Å². The number of methoxy groups -OCH3 is 1. The fourth-order valence-electron chi connectivity index (χ4n) is 1.52. The molecule has 17 heavy (non-hydrogen) atoms. The van der Waals surface area contributed by atoms with Crippen molar-refractivity contribution in [1.82, 2.24) is 9.97 Å². The molecular weight excluding hydrogens is 220 g/mol. The molecule has 0 saturated carbocycles. The molecule has 2 aromatic rings. The molecule has 2 rings (SSSR count). The number of hydrogen-bond donors (Lipinski definition) is 1. The number of ether oxygens (including phenoxy) is 1. The summed E-state index contributed by atoms with van der Waals surface area (Å²) in [4.78, 5) is 19.4. The summed E-state index contributed by atoms with van der Waals surface area (Å²) in [5, 5.41) is 9.68. The third kappa shape index (κ3) is 2.08. The van der Waals surface area contributed by atoms with Crippen molar-refractivity contribution in [3.63, 3.8) is 0 Å². The molecule has 0 aliphatic rings. The molecule has 2 aromatic heterocycles. The minimum Gasteiger partial charge on any atom is -0.505 e. The Labute approximate surface area is 97.7 Å². The number of pyridine rings is 2. The Balaban J connectivity index is 2.62. The molecule has 0 aromatic carbocycles. The lowest BCUT2D eigenvalue weighted by Gasteiger charge is -2.08. The van der Waals surface area contributed by atoms with Gasteiger partial charge in [0.05, 0.1) is 13.3 Å². The number of rotatable bonds is 2. The molecule has 0 unspecified atom stereocenters. The molecule has 5 nitrogen and oxygen atoms in total. The van der Waals surface area contributed by atoms with E-state index in [1.54, 1.807) is 24.5 Å². The Hall–Kier alpha value is -2.43. The summed E-state index contributed by atoms with van der Waals surface area (Å²) in [7, 11) is 1.26. The smallest absolute Gasteiger partial charge is 0.342 e. The molecule has 0 aliphatic heterocycles. The van der Waals surface area contributed by atoms with E-state index in [1.165, 1.54) is 19.5 Å². The van der Waals surface area contributed by atoms with Crippen molar-refractivity contribution in [2.45, 2.75) is 0 Å². The molecule has 0 radical (unpaired) electrons. The molecule has 0 atom stereocenters. The van der Waals surface area contributed by atoms with Crippen LogP contribution in [0, 0.1) is 0 Å². The average molecular weight is 230 g/mol. The SMILES string of the molecule is COC(=O)c1c(O)cncc1-c1ccncc1. The van der Waals surface area contributed by atoms with Gasteiger partial charge in [-0.3, -0.25) is 9.97 Å². The summed E-state index contributed by atoms with van der Waals surface area (Å²) in [6.45, 7) is 0.